The second-order valence-electron chi connectivity index (χ2n) is 6.22. The van der Waals surface area contributed by atoms with Crippen LogP contribution >= 0.6 is 0 Å². The SMILES string of the molecule is Cc1ccccc1-c1nc(-c2cccc(C(=O)N3CCOCC3)c2)no1. The maximum Gasteiger partial charge on any atom is 0.258 e. The van der Waals surface area contributed by atoms with Gasteiger partial charge in [0.05, 0.1) is 13.2 Å². The molecule has 0 bridgehead atoms. The van der Waals surface area contributed by atoms with Crippen LogP contribution < -0.4 is 0 Å². The minimum atomic E-state index is -0.00206. The molecule has 1 fully saturated rings. The molecule has 132 valence electrons. The van der Waals surface area contributed by atoms with Crippen LogP contribution in [0.4, 0.5) is 0 Å². The van der Waals surface area contributed by atoms with Gasteiger partial charge < -0.3 is 14.2 Å². The van der Waals surface area contributed by atoms with Crippen LogP contribution in [0.5, 0.6) is 0 Å². The first kappa shape index (κ1) is 16.5. The first-order valence-corrected chi connectivity index (χ1v) is 8.59. The number of ether oxygens (including phenoxy) is 1. The molecule has 0 atom stereocenters. The van der Waals surface area contributed by atoms with Crippen molar-refractivity contribution < 1.29 is 14.1 Å². The fraction of sp³-hybridized carbons (Fsp3) is 0.250. The van der Waals surface area contributed by atoms with Crippen LogP contribution in [0.25, 0.3) is 22.8 Å². The number of hydrogen-bond acceptors (Lipinski definition) is 5. The summed E-state index contributed by atoms with van der Waals surface area (Å²) in [6, 6.07) is 15.2. The molecule has 0 unspecified atom stereocenters. The van der Waals surface area contributed by atoms with Crippen LogP contribution in [0, 0.1) is 6.92 Å². The fourth-order valence-corrected chi connectivity index (χ4v) is 3.00. The van der Waals surface area contributed by atoms with E-state index in [-0.39, 0.29) is 5.91 Å². The van der Waals surface area contributed by atoms with Crippen LogP contribution in [0.3, 0.4) is 0 Å². The summed E-state index contributed by atoms with van der Waals surface area (Å²) in [5.41, 5.74) is 3.35. The van der Waals surface area contributed by atoms with Gasteiger partial charge in [0.1, 0.15) is 0 Å². The molecule has 1 saturated heterocycles. The lowest BCUT2D eigenvalue weighted by atomic mass is 10.1. The van der Waals surface area contributed by atoms with Crippen LogP contribution in [0.2, 0.25) is 0 Å². The Morgan fingerprint density at radius 2 is 1.88 bits per heavy atom. The van der Waals surface area contributed by atoms with E-state index in [1.165, 1.54) is 0 Å². The third-order valence-corrected chi connectivity index (χ3v) is 4.47. The van der Waals surface area contributed by atoms with Gasteiger partial charge >= 0.3 is 0 Å². The Bertz CT molecular complexity index is 929. The molecule has 3 aromatic rings. The Kier molecular flexibility index (Phi) is 4.50. The van der Waals surface area contributed by atoms with E-state index in [4.69, 9.17) is 9.26 Å². The zero-order chi connectivity index (χ0) is 17.9. The number of aromatic nitrogens is 2. The molecule has 1 amide bonds. The topological polar surface area (TPSA) is 68.5 Å². The minimum Gasteiger partial charge on any atom is -0.378 e. The highest BCUT2D eigenvalue weighted by molar-refractivity contribution is 5.95. The number of nitrogens with zero attached hydrogens (tertiary/aromatic N) is 3. The van der Waals surface area contributed by atoms with Gasteiger partial charge in [0, 0.05) is 29.8 Å². The maximum absolute atomic E-state index is 12.7. The highest BCUT2D eigenvalue weighted by Crippen LogP contribution is 2.25. The van der Waals surface area contributed by atoms with Crippen LogP contribution in [0.1, 0.15) is 15.9 Å². The van der Waals surface area contributed by atoms with E-state index in [2.05, 4.69) is 10.1 Å². The van der Waals surface area contributed by atoms with Gasteiger partial charge in [0.15, 0.2) is 0 Å². The number of carbonyl (C=O) groups excluding carboxylic acids is 1. The van der Waals surface area contributed by atoms with Crippen LogP contribution in [-0.4, -0.2) is 47.3 Å². The third kappa shape index (κ3) is 3.23. The highest BCUT2D eigenvalue weighted by Gasteiger charge is 2.19. The normalized spacial score (nSPS) is 14.4. The quantitative estimate of drug-likeness (QED) is 0.726. The largest absolute Gasteiger partial charge is 0.378 e. The fourth-order valence-electron chi connectivity index (χ4n) is 3.00. The third-order valence-electron chi connectivity index (χ3n) is 4.47. The van der Waals surface area contributed by atoms with Gasteiger partial charge in [-0.25, -0.2) is 0 Å². The van der Waals surface area contributed by atoms with Crippen LogP contribution in [-0.2, 0) is 4.74 Å². The Hall–Kier alpha value is -2.99. The van der Waals surface area contributed by atoms with E-state index in [0.29, 0.717) is 43.6 Å². The average Bonchev–Trinajstić information content (AvgIpc) is 3.18. The maximum atomic E-state index is 12.7. The Balaban J connectivity index is 1.61. The average molecular weight is 349 g/mol. The highest BCUT2D eigenvalue weighted by atomic mass is 16.5. The van der Waals surface area contributed by atoms with Crippen molar-refractivity contribution in [1.82, 2.24) is 15.0 Å². The number of carbonyl (C=O) groups is 1. The van der Waals surface area contributed by atoms with E-state index in [9.17, 15) is 4.79 Å². The Morgan fingerprint density at radius 3 is 2.69 bits per heavy atom. The summed E-state index contributed by atoms with van der Waals surface area (Å²) < 4.78 is 10.7. The van der Waals surface area contributed by atoms with Crippen molar-refractivity contribution in [2.75, 3.05) is 26.3 Å². The summed E-state index contributed by atoms with van der Waals surface area (Å²) in [6.45, 7) is 4.39. The number of amides is 1. The lowest BCUT2D eigenvalue weighted by molar-refractivity contribution is 0.0303. The molecule has 0 spiro atoms. The monoisotopic (exact) mass is 349 g/mol. The molecule has 6 heteroatoms. The van der Waals surface area contributed by atoms with E-state index < -0.39 is 0 Å². The minimum absolute atomic E-state index is 0.00206. The van der Waals surface area contributed by atoms with Crippen molar-refractivity contribution in [2.24, 2.45) is 0 Å². The first-order chi connectivity index (χ1) is 12.7. The standard InChI is InChI=1S/C20H19N3O3/c1-14-5-2-3-8-17(14)19-21-18(22-26-19)15-6-4-7-16(13-15)20(24)23-9-11-25-12-10-23/h2-8,13H,9-12H2,1H3. The van der Waals surface area contributed by atoms with Crippen molar-refractivity contribution >= 4 is 5.91 Å². The summed E-state index contributed by atoms with van der Waals surface area (Å²) in [5, 5.41) is 4.09. The van der Waals surface area contributed by atoms with E-state index in [1.807, 2.05) is 55.5 Å². The van der Waals surface area contributed by atoms with Gasteiger partial charge in [-0.3, -0.25) is 4.79 Å². The Morgan fingerprint density at radius 1 is 1.08 bits per heavy atom. The van der Waals surface area contributed by atoms with E-state index in [1.54, 1.807) is 4.90 Å². The van der Waals surface area contributed by atoms with Gasteiger partial charge in [-0.1, -0.05) is 35.5 Å². The second-order valence-corrected chi connectivity index (χ2v) is 6.22. The van der Waals surface area contributed by atoms with Crippen LogP contribution in [0.15, 0.2) is 53.1 Å². The number of aryl methyl sites for hydroxylation is 1. The number of morpholine rings is 1. The van der Waals surface area contributed by atoms with Crippen molar-refractivity contribution in [3.63, 3.8) is 0 Å². The zero-order valence-corrected chi connectivity index (χ0v) is 14.5. The zero-order valence-electron chi connectivity index (χ0n) is 14.5. The van der Waals surface area contributed by atoms with Gasteiger partial charge in [-0.05, 0) is 30.7 Å². The molecule has 2 aromatic carbocycles. The Labute approximate surface area is 151 Å². The van der Waals surface area contributed by atoms with E-state index >= 15 is 0 Å². The molecule has 6 nitrogen and oxygen atoms in total. The molecule has 1 aromatic heterocycles. The lowest BCUT2D eigenvalue weighted by Crippen LogP contribution is -2.40. The molecule has 26 heavy (non-hydrogen) atoms. The smallest absolute Gasteiger partial charge is 0.258 e. The molecule has 0 radical (unpaired) electrons. The molecule has 0 aliphatic carbocycles. The molecule has 1 aliphatic rings. The molecular formula is C20H19N3O3. The predicted octanol–water partition coefficient (Wildman–Crippen LogP) is 3.18. The molecule has 0 N–H and O–H groups in total. The summed E-state index contributed by atoms with van der Waals surface area (Å²) in [5.74, 6) is 0.945. The van der Waals surface area contributed by atoms with Gasteiger partial charge in [0.2, 0.25) is 5.82 Å². The molecule has 2 heterocycles. The first-order valence-electron chi connectivity index (χ1n) is 8.59. The summed E-state index contributed by atoms with van der Waals surface area (Å²) in [4.78, 5) is 19.0. The molecular weight excluding hydrogens is 330 g/mol. The number of rotatable bonds is 3. The molecule has 4 rings (SSSR count). The van der Waals surface area contributed by atoms with E-state index in [0.717, 1.165) is 16.7 Å². The number of benzene rings is 2. The summed E-state index contributed by atoms with van der Waals surface area (Å²) in [6.07, 6.45) is 0. The summed E-state index contributed by atoms with van der Waals surface area (Å²) >= 11 is 0. The van der Waals surface area contributed by atoms with Gasteiger partial charge in [-0.2, -0.15) is 4.98 Å². The van der Waals surface area contributed by atoms with Crippen molar-refractivity contribution in [3.05, 3.63) is 59.7 Å². The van der Waals surface area contributed by atoms with Gasteiger partial charge in [-0.15, -0.1) is 0 Å². The lowest BCUT2D eigenvalue weighted by Gasteiger charge is -2.26. The van der Waals surface area contributed by atoms with Crippen molar-refractivity contribution in [2.45, 2.75) is 6.92 Å². The number of hydrogen-bond donors (Lipinski definition) is 0. The summed E-state index contributed by atoms with van der Waals surface area (Å²) in [7, 11) is 0. The van der Waals surface area contributed by atoms with Gasteiger partial charge in [0.25, 0.3) is 11.8 Å². The molecule has 1 aliphatic heterocycles. The second kappa shape index (κ2) is 7.09. The predicted molar refractivity (Wildman–Crippen MR) is 96.6 cm³/mol. The molecule has 0 saturated carbocycles. The van der Waals surface area contributed by atoms with Crippen molar-refractivity contribution in [1.29, 1.82) is 0 Å². The van der Waals surface area contributed by atoms with Crippen molar-refractivity contribution in [3.8, 4) is 22.8 Å².